The molecule has 21 heavy (non-hydrogen) atoms. The SMILES string of the molecule is CCCc1ccc(C(N)C2CCC(C(F)(F)F)CC2)cc1. The summed E-state index contributed by atoms with van der Waals surface area (Å²) in [4.78, 5) is 0. The zero-order valence-electron chi connectivity index (χ0n) is 12.5. The molecule has 0 amide bonds. The summed E-state index contributed by atoms with van der Waals surface area (Å²) in [6.45, 7) is 2.14. The van der Waals surface area contributed by atoms with E-state index in [4.69, 9.17) is 5.73 Å². The van der Waals surface area contributed by atoms with Gasteiger partial charge in [-0.3, -0.25) is 0 Å². The number of rotatable bonds is 4. The second kappa shape index (κ2) is 6.82. The molecule has 0 spiro atoms. The Kier molecular flexibility index (Phi) is 5.31. The Hall–Kier alpha value is -1.03. The van der Waals surface area contributed by atoms with Gasteiger partial charge >= 0.3 is 6.18 Å². The second-order valence-electron chi connectivity index (χ2n) is 6.17. The molecule has 1 unspecified atom stereocenters. The van der Waals surface area contributed by atoms with E-state index in [2.05, 4.69) is 19.1 Å². The first-order valence-electron chi connectivity index (χ1n) is 7.83. The molecular weight excluding hydrogens is 275 g/mol. The van der Waals surface area contributed by atoms with Crippen LogP contribution in [0.1, 0.15) is 56.2 Å². The van der Waals surface area contributed by atoms with E-state index >= 15 is 0 Å². The standard InChI is InChI=1S/C17H24F3N/c1-2-3-12-4-6-13(7-5-12)16(21)14-8-10-15(11-9-14)17(18,19)20/h4-7,14-16H,2-3,8-11,21H2,1H3. The third-order valence-corrected chi connectivity index (χ3v) is 4.65. The first kappa shape index (κ1) is 16.3. The summed E-state index contributed by atoms with van der Waals surface area (Å²) in [5, 5.41) is 0. The third kappa shape index (κ3) is 4.22. The summed E-state index contributed by atoms with van der Waals surface area (Å²) in [6.07, 6.45) is -0.314. The van der Waals surface area contributed by atoms with Crippen LogP contribution in [0.25, 0.3) is 0 Å². The molecular formula is C17H24F3N. The van der Waals surface area contributed by atoms with Crippen LogP contribution in [-0.4, -0.2) is 6.18 Å². The zero-order chi connectivity index (χ0) is 15.5. The van der Waals surface area contributed by atoms with Gasteiger partial charge in [-0.05, 0) is 49.1 Å². The van der Waals surface area contributed by atoms with E-state index in [9.17, 15) is 13.2 Å². The maximum atomic E-state index is 12.7. The minimum absolute atomic E-state index is 0.144. The molecule has 0 heterocycles. The number of benzene rings is 1. The van der Waals surface area contributed by atoms with Gasteiger partial charge in [0.1, 0.15) is 0 Å². The van der Waals surface area contributed by atoms with Crippen molar-refractivity contribution < 1.29 is 13.2 Å². The quantitative estimate of drug-likeness (QED) is 0.831. The molecule has 0 saturated heterocycles. The summed E-state index contributed by atoms with van der Waals surface area (Å²) >= 11 is 0. The molecule has 1 nitrogen and oxygen atoms in total. The van der Waals surface area contributed by atoms with E-state index in [0.29, 0.717) is 12.8 Å². The highest BCUT2D eigenvalue weighted by Gasteiger charge is 2.42. The van der Waals surface area contributed by atoms with Crippen molar-refractivity contribution in [2.45, 2.75) is 57.7 Å². The summed E-state index contributed by atoms with van der Waals surface area (Å²) < 4.78 is 38.0. The smallest absolute Gasteiger partial charge is 0.324 e. The largest absolute Gasteiger partial charge is 0.391 e. The normalized spacial score (nSPS) is 24.8. The van der Waals surface area contributed by atoms with Crippen LogP contribution in [0.15, 0.2) is 24.3 Å². The molecule has 1 saturated carbocycles. The highest BCUT2D eigenvalue weighted by Crippen LogP contribution is 2.42. The lowest BCUT2D eigenvalue weighted by Crippen LogP contribution is -2.31. The Labute approximate surface area is 124 Å². The van der Waals surface area contributed by atoms with E-state index < -0.39 is 12.1 Å². The Morgan fingerprint density at radius 3 is 2.14 bits per heavy atom. The van der Waals surface area contributed by atoms with Gasteiger partial charge in [-0.25, -0.2) is 0 Å². The van der Waals surface area contributed by atoms with Gasteiger partial charge in [-0.1, -0.05) is 37.6 Å². The zero-order valence-corrected chi connectivity index (χ0v) is 12.5. The van der Waals surface area contributed by atoms with Crippen molar-refractivity contribution >= 4 is 0 Å². The summed E-state index contributed by atoms with van der Waals surface area (Å²) in [5.41, 5.74) is 8.60. The third-order valence-electron chi connectivity index (χ3n) is 4.65. The molecule has 1 aliphatic carbocycles. The van der Waals surface area contributed by atoms with E-state index in [0.717, 1.165) is 18.4 Å². The molecule has 1 fully saturated rings. The molecule has 0 aromatic heterocycles. The Morgan fingerprint density at radius 2 is 1.67 bits per heavy atom. The van der Waals surface area contributed by atoms with Crippen molar-refractivity contribution in [1.29, 1.82) is 0 Å². The van der Waals surface area contributed by atoms with Crippen LogP contribution in [0, 0.1) is 11.8 Å². The van der Waals surface area contributed by atoms with Crippen molar-refractivity contribution in [2.75, 3.05) is 0 Å². The van der Waals surface area contributed by atoms with Gasteiger partial charge in [0.2, 0.25) is 0 Å². The second-order valence-corrected chi connectivity index (χ2v) is 6.17. The molecule has 0 bridgehead atoms. The number of hydrogen-bond acceptors (Lipinski definition) is 1. The van der Waals surface area contributed by atoms with Gasteiger partial charge < -0.3 is 5.73 Å². The van der Waals surface area contributed by atoms with Gasteiger partial charge in [0.25, 0.3) is 0 Å². The van der Waals surface area contributed by atoms with Gasteiger partial charge in [-0.15, -0.1) is 0 Å². The van der Waals surface area contributed by atoms with Gasteiger partial charge in [-0.2, -0.15) is 13.2 Å². The number of alkyl halides is 3. The van der Waals surface area contributed by atoms with Crippen molar-refractivity contribution in [3.8, 4) is 0 Å². The maximum Gasteiger partial charge on any atom is 0.391 e. The molecule has 0 aliphatic heterocycles. The molecule has 2 rings (SSSR count). The molecule has 4 heteroatoms. The molecule has 1 atom stereocenters. The Morgan fingerprint density at radius 1 is 1.10 bits per heavy atom. The lowest BCUT2D eigenvalue weighted by Gasteiger charge is -2.33. The van der Waals surface area contributed by atoms with Gasteiger partial charge in [0, 0.05) is 6.04 Å². The number of hydrogen-bond donors (Lipinski definition) is 1. The van der Waals surface area contributed by atoms with E-state index in [1.165, 1.54) is 5.56 Å². The van der Waals surface area contributed by atoms with Crippen LogP contribution >= 0.6 is 0 Å². The fourth-order valence-corrected chi connectivity index (χ4v) is 3.27. The van der Waals surface area contributed by atoms with Crippen molar-refractivity contribution in [3.05, 3.63) is 35.4 Å². The van der Waals surface area contributed by atoms with Gasteiger partial charge in [0.15, 0.2) is 0 Å². The highest BCUT2D eigenvalue weighted by molar-refractivity contribution is 5.25. The number of halogens is 3. The minimum atomic E-state index is -4.04. The van der Waals surface area contributed by atoms with E-state index in [1.54, 1.807) is 0 Å². The predicted molar refractivity (Wildman–Crippen MR) is 78.9 cm³/mol. The van der Waals surface area contributed by atoms with Crippen molar-refractivity contribution in [1.82, 2.24) is 0 Å². The average molecular weight is 299 g/mol. The summed E-state index contributed by atoms with van der Waals surface area (Å²) in [7, 11) is 0. The van der Waals surface area contributed by atoms with Gasteiger partial charge in [0.05, 0.1) is 5.92 Å². The molecule has 2 N–H and O–H groups in total. The fourth-order valence-electron chi connectivity index (χ4n) is 3.27. The molecule has 118 valence electrons. The van der Waals surface area contributed by atoms with Crippen molar-refractivity contribution in [3.63, 3.8) is 0 Å². The van der Waals surface area contributed by atoms with Crippen molar-refractivity contribution in [2.24, 2.45) is 17.6 Å². The number of nitrogens with two attached hydrogens (primary N) is 1. The number of aryl methyl sites for hydroxylation is 1. The minimum Gasteiger partial charge on any atom is -0.324 e. The van der Waals surface area contributed by atoms with Crippen LogP contribution in [0.2, 0.25) is 0 Å². The first-order chi connectivity index (χ1) is 9.91. The topological polar surface area (TPSA) is 26.0 Å². The molecule has 1 aromatic carbocycles. The Balaban J connectivity index is 1.93. The van der Waals surface area contributed by atoms with E-state index in [-0.39, 0.29) is 24.8 Å². The van der Waals surface area contributed by atoms with Crippen LogP contribution in [-0.2, 0) is 6.42 Å². The highest BCUT2D eigenvalue weighted by atomic mass is 19.4. The van der Waals surface area contributed by atoms with Crippen LogP contribution in [0.4, 0.5) is 13.2 Å². The fraction of sp³-hybridized carbons (Fsp3) is 0.647. The Bertz CT molecular complexity index is 430. The maximum absolute atomic E-state index is 12.7. The average Bonchev–Trinajstić information content (AvgIpc) is 2.47. The van der Waals surface area contributed by atoms with Crippen LogP contribution in [0.5, 0.6) is 0 Å². The lowest BCUT2D eigenvalue weighted by atomic mass is 9.76. The predicted octanol–water partition coefficient (Wildman–Crippen LogP) is 5.01. The van der Waals surface area contributed by atoms with Crippen LogP contribution in [0.3, 0.4) is 0 Å². The molecule has 1 aromatic rings. The summed E-state index contributed by atoms with van der Waals surface area (Å²) in [5.74, 6) is -0.964. The molecule has 1 aliphatic rings. The summed E-state index contributed by atoms with van der Waals surface area (Å²) in [6, 6.07) is 8.09. The van der Waals surface area contributed by atoms with Crippen LogP contribution < -0.4 is 5.73 Å². The first-order valence-corrected chi connectivity index (χ1v) is 7.83. The monoisotopic (exact) mass is 299 g/mol. The molecule has 0 radical (unpaired) electrons. The van der Waals surface area contributed by atoms with E-state index in [1.807, 2.05) is 12.1 Å². The lowest BCUT2D eigenvalue weighted by molar-refractivity contribution is -0.184.